The van der Waals surface area contributed by atoms with E-state index in [4.69, 9.17) is 17.3 Å². The first-order chi connectivity index (χ1) is 7.02. The third-order valence-corrected chi connectivity index (χ3v) is 2.65. The summed E-state index contributed by atoms with van der Waals surface area (Å²) in [5.74, 6) is 1.09. The average Bonchev–Trinajstić information content (AvgIpc) is 2.14. The van der Waals surface area contributed by atoms with Crippen LogP contribution in [-0.4, -0.2) is 21.0 Å². The highest BCUT2D eigenvalue weighted by Gasteiger charge is 2.12. The highest BCUT2D eigenvalue weighted by Crippen LogP contribution is 2.13. The lowest BCUT2D eigenvalue weighted by Crippen LogP contribution is -2.24. The molecule has 5 nitrogen and oxygen atoms in total. The number of halogens is 1. The quantitative estimate of drug-likeness (QED) is 0.825. The summed E-state index contributed by atoms with van der Waals surface area (Å²) in [6, 6.07) is 0.271. The Labute approximate surface area is 94.5 Å². The molecule has 6 heteroatoms. The minimum Gasteiger partial charge on any atom is -0.368 e. The second kappa shape index (κ2) is 5.11. The van der Waals surface area contributed by atoms with Gasteiger partial charge in [0.25, 0.3) is 0 Å². The molecule has 0 aliphatic heterocycles. The molecule has 2 unspecified atom stereocenters. The number of hydrogen-bond acceptors (Lipinski definition) is 5. The van der Waals surface area contributed by atoms with E-state index in [-0.39, 0.29) is 17.3 Å². The maximum absolute atomic E-state index is 5.66. The molecular formula is C9H16ClN5. The van der Waals surface area contributed by atoms with E-state index in [1.165, 1.54) is 0 Å². The fourth-order valence-electron chi connectivity index (χ4n) is 1.13. The van der Waals surface area contributed by atoms with Crippen LogP contribution in [0.1, 0.15) is 27.2 Å². The first-order valence-electron chi connectivity index (χ1n) is 4.96. The summed E-state index contributed by atoms with van der Waals surface area (Å²) >= 11 is 5.66. The van der Waals surface area contributed by atoms with E-state index in [9.17, 15) is 0 Å². The molecule has 0 bridgehead atoms. The average molecular weight is 230 g/mol. The van der Waals surface area contributed by atoms with Crippen molar-refractivity contribution in [3.05, 3.63) is 5.28 Å². The van der Waals surface area contributed by atoms with Crippen molar-refractivity contribution >= 4 is 23.5 Å². The van der Waals surface area contributed by atoms with E-state index in [2.05, 4.69) is 41.0 Å². The van der Waals surface area contributed by atoms with Gasteiger partial charge in [0.2, 0.25) is 17.2 Å². The van der Waals surface area contributed by atoms with E-state index in [1.54, 1.807) is 0 Å². The second-order valence-electron chi connectivity index (χ2n) is 3.60. The minimum absolute atomic E-state index is 0.112. The molecule has 0 aliphatic rings. The van der Waals surface area contributed by atoms with E-state index >= 15 is 0 Å². The van der Waals surface area contributed by atoms with E-state index < -0.39 is 0 Å². The van der Waals surface area contributed by atoms with Gasteiger partial charge >= 0.3 is 0 Å². The predicted octanol–water partition coefficient (Wildman–Crippen LogP) is 1.95. The maximum atomic E-state index is 5.66. The molecule has 1 aromatic rings. The van der Waals surface area contributed by atoms with Crippen molar-refractivity contribution in [1.82, 2.24) is 15.0 Å². The Kier molecular flexibility index (Phi) is 4.08. The number of nitrogens with one attached hydrogen (secondary N) is 1. The summed E-state index contributed by atoms with van der Waals surface area (Å²) in [4.78, 5) is 11.6. The molecule has 0 amide bonds. The van der Waals surface area contributed by atoms with Crippen LogP contribution in [0.4, 0.5) is 11.9 Å². The summed E-state index contributed by atoms with van der Waals surface area (Å²) in [5, 5.41) is 3.26. The molecule has 2 atom stereocenters. The smallest absolute Gasteiger partial charge is 0.229 e. The van der Waals surface area contributed by atoms with Crippen LogP contribution in [0.25, 0.3) is 0 Å². The van der Waals surface area contributed by atoms with Gasteiger partial charge in [-0.2, -0.15) is 15.0 Å². The van der Waals surface area contributed by atoms with E-state index in [1.807, 2.05) is 0 Å². The highest BCUT2D eigenvalue weighted by atomic mass is 35.5. The van der Waals surface area contributed by atoms with Gasteiger partial charge in [0.05, 0.1) is 0 Å². The fraction of sp³-hybridized carbons (Fsp3) is 0.667. The van der Waals surface area contributed by atoms with Gasteiger partial charge in [0, 0.05) is 6.04 Å². The molecule has 0 saturated carbocycles. The lowest BCUT2D eigenvalue weighted by molar-refractivity contribution is 0.492. The Morgan fingerprint density at radius 2 is 2.00 bits per heavy atom. The minimum atomic E-state index is 0.112. The summed E-state index contributed by atoms with van der Waals surface area (Å²) in [7, 11) is 0. The van der Waals surface area contributed by atoms with E-state index in [0.717, 1.165) is 6.42 Å². The molecule has 0 saturated heterocycles. The van der Waals surface area contributed by atoms with Crippen LogP contribution in [0.3, 0.4) is 0 Å². The standard InChI is InChI=1S/C9H16ClN5/c1-4-5(2)6(3)12-9-14-7(10)13-8(11)15-9/h5-6H,4H2,1-3H3,(H3,11,12,13,14,15). The first-order valence-corrected chi connectivity index (χ1v) is 5.34. The van der Waals surface area contributed by atoms with Crippen molar-refractivity contribution in [3.63, 3.8) is 0 Å². The molecule has 0 radical (unpaired) electrons. The molecule has 1 heterocycles. The summed E-state index contributed by atoms with van der Waals surface area (Å²) in [5.41, 5.74) is 5.46. The van der Waals surface area contributed by atoms with Gasteiger partial charge in [-0.25, -0.2) is 0 Å². The fourth-order valence-corrected chi connectivity index (χ4v) is 1.30. The van der Waals surface area contributed by atoms with Gasteiger partial charge in [-0.1, -0.05) is 20.3 Å². The second-order valence-corrected chi connectivity index (χ2v) is 3.94. The molecule has 0 spiro atoms. The normalized spacial score (nSPS) is 14.7. The SMILES string of the molecule is CCC(C)C(C)Nc1nc(N)nc(Cl)n1. The predicted molar refractivity (Wildman–Crippen MR) is 61.8 cm³/mol. The van der Waals surface area contributed by atoms with Crippen molar-refractivity contribution in [3.8, 4) is 0 Å². The Morgan fingerprint density at radius 1 is 1.33 bits per heavy atom. The number of rotatable bonds is 4. The molecule has 0 aromatic carbocycles. The Hall–Kier alpha value is -1.10. The number of nitrogens with two attached hydrogens (primary N) is 1. The van der Waals surface area contributed by atoms with Crippen LogP contribution >= 0.6 is 11.6 Å². The highest BCUT2D eigenvalue weighted by molar-refractivity contribution is 6.28. The Morgan fingerprint density at radius 3 is 2.53 bits per heavy atom. The van der Waals surface area contributed by atoms with Crippen molar-refractivity contribution in [2.75, 3.05) is 11.1 Å². The van der Waals surface area contributed by atoms with E-state index in [0.29, 0.717) is 11.9 Å². The number of nitrogens with zero attached hydrogens (tertiary/aromatic N) is 3. The van der Waals surface area contributed by atoms with Gasteiger partial charge in [-0.05, 0) is 24.4 Å². The molecule has 84 valence electrons. The Bertz CT molecular complexity index is 310. The molecular weight excluding hydrogens is 214 g/mol. The summed E-state index contributed by atoms with van der Waals surface area (Å²) in [6.45, 7) is 6.36. The third-order valence-electron chi connectivity index (χ3n) is 2.48. The monoisotopic (exact) mass is 229 g/mol. The number of anilines is 2. The molecule has 0 fully saturated rings. The molecule has 1 rings (SSSR count). The largest absolute Gasteiger partial charge is 0.368 e. The zero-order chi connectivity index (χ0) is 11.4. The molecule has 3 N–H and O–H groups in total. The first kappa shape index (κ1) is 12.0. The van der Waals surface area contributed by atoms with Gasteiger partial charge < -0.3 is 11.1 Å². The summed E-state index contributed by atoms with van der Waals surface area (Å²) < 4.78 is 0. The topological polar surface area (TPSA) is 76.7 Å². The zero-order valence-electron chi connectivity index (χ0n) is 9.16. The van der Waals surface area contributed by atoms with Crippen molar-refractivity contribution < 1.29 is 0 Å². The molecule has 15 heavy (non-hydrogen) atoms. The van der Waals surface area contributed by atoms with Crippen LogP contribution in [0.15, 0.2) is 0 Å². The van der Waals surface area contributed by atoms with Crippen molar-refractivity contribution in [1.29, 1.82) is 0 Å². The van der Waals surface area contributed by atoms with Crippen LogP contribution < -0.4 is 11.1 Å². The molecule has 0 aliphatic carbocycles. The van der Waals surface area contributed by atoms with Crippen LogP contribution in [-0.2, 0) is 0 Å². The van der Waals surface area contributed by atoms with Crippen molar-refractivity contribution in [2.24, 2.45) is 5.92 Å². The number of hydrogen-bond donors (Lipinski definition) is 2. The lowest BCUT2D eigenvalue weighted by Gasteiger charge is -2.19. The number of aromatic nitrogens is 3. The number of nitrogen functional groups attached to an aromatic ring is 1. The summed E-state index contributed by atoms with van der Waals surface area (Å²) in [6.07, 6.45) is 1.09. The Balaban J connectivity index is 2.72. The van der Waals surface area contributed by atoms with Gasteiger partial charge in [0.1, 0.15) is 0 Å². The van der Waals surface area contributed by atoms with Gasteiger partial charge in [-0.15, -0.1) is 0 Å². The van der Waals surface area contributed by atoms with Crippen LogP contribution in [0, 0.1) is 5.92 Å². The zero-order valence-corrected chi connectivity index (χ0v) is 9.91. The van der Waals surface area contributed by atoms with Crippen LogP contribution in [0.2, 0.25) is 5.28 Å². The van der Waals surface area contributed by atoms with Gasteiger partial charge in [-0.3, -0.25) is 0 Å². The lowest BCUT2D eigenvalue weighted by atomic mass is 10.0. The molecule has 1 aromatic heterocycles. The maximum Gasteiger partial charge on any atom is 0.229 e. The van der Waals surface area contributed by atoms with Crippen LogP contribution in [0.5, 0.6) is 0 Å². The van der Waals surface area contributed by atoms with Gasteiger partial charge in [0.15, 0.2) is 0 Å². The third kappa shape index (κ3) is 3.51. The van der Waals surface area contributed by atoms with Crippen molar-refractivity contribution in [2.45, 2.75) is 33.2 Å².